The zero-order chi connectivity index (χ0) is 15.9. The predicted molar refractivity (Wildman–Crippen MR) is 75.3 cm³/mol. The summed E-state index contributed by atoms with van der Waals surface area (Å²) in [5.41, 5.74) is 0.765. The van der Waals surface area contributed by atoms with E-state index < -0.39 is 18.6 Å². The Balaban J connectivity index is 2.78. The van der Waals surface area contributed by atoms with Crippen LogP contribution in [-0.2, 0) is 0 Å². The molecule has 0 saturated heterocycles. The summed E-state index contributed by atoms with van der Waals surface area (Å²) < 4.78 is 37.5. The average Bonchev–Trinajstić information content (AvgIpc) is 2.43. The highest BCUT2D eigenvalue weighted by Gasteiger charge is 2.33. The number of anilines is 1. The smallest absolute Gasteiger partial charge is 0.384 e. The highest BCUT2D eigenvalue weighted by Crippen LogP contribution is 2.18. The standard InChI is InChI=1S/C14H20F3N3O/c1-3-7-18-11-5-6-12(19-9-11)13(21)20(8-4-2)10-14(15,16)17/h5-6,9,18H,3-4,7-8,10H2,1-2H3. The van der Waals surface area contributed by atoms with Crippen molar-refractivity contribution < 1.29 is 18.0 Å². The van der Waals surface area contributed by atoms with Crippen LogP contribution in [0.1, 0.15) is 37.2 Å². The normalized spacial score (nSPS) is 11.3. The van der Waals surface area contributed by atoms with Gasteiger partial charge >= 0.3 is 6.18 Å². The highest BCUT2D eigenvalue weighted by molar-refractivity contribution is 5.92. The van der Waals surface area contributed by atoms with Gasteiger partial charge in [0.2, 0.25) is 0 Å². The van der Waals surface area contributed by atoms with Crippen LogP contribution in [0.5, 0.6) is 0 Å². The largest absolute Gasteiger partial charge is 0.406 e. The van der Waals surface area contributed by atoms with Crippen molar-refractivity contribution >= 4 is 11.6 Å². The number of aromatic nitrogens is 1. The number of nitrogens with one attached hydrogen (secondary N) is 1. The van der Waals surface area contributed by atoms with E-state index >= 15 is 0 Å². The van der Waals surface area contributed by atoms with E-state index in [0.29, 0.717) is 6.42 Å². The van der Waals surface area contributed by atoms with Crippen LogP contribution in [0.15, 0.2) is 18.3 Å². The fourth-order valence-electron chi connectivity index (χ4n) is 1.80. The van der Waals surface area contributed by atoms with Gasteiger partial charge in [0, 0.05) is 13.1 Å². The van der Waals surface area contributed by atoms with Crippen LogP contribution in [-0.4, -0.2) is 41.6 Å². The molecular formula is C14H20F3N3O. The molecule has 21 heavy (non-hydrogen) atoms. The van der Waals surface area contributed by atoms with E-state index in [-0.39, 0.29) is 12.2 Å². The second-order valence-electron chi connectivity index (χ2n) is 4.70. The first-order valence-electron chi connectivity index (χ1n) is 6.93. The topological polar surface area (TPSA) is 45.2 Å². The van der Waals surface area contributed by atoms with Crippen molar-refractivity contribution in [1.82, 2.24) is 9.88 Å². The van der Waals surface area contributed by atoms with Crippen LogP contribution < -0.4 is 5.32 Å². The lowest BCUT2D eigenvalue weighted by Crippen LogP contribution is -2.39. The van der Waals surface area contributed by atoms with Gasteiger partial charge in [-0.2, -0.15) is 13.2 Å². The molecule has 118 valence electrons. The Morgan fingerprint density at radius 2 is 2.00 bits per heavy atom. The summed E-state index contributed by atoms with van der Waals surface area (Å²) in [5, 5.41) is 3.09. The molecule has 0 aliphatic rings. The van der Waals surface area contributed by atoms with Crippen LogP contribution in [0.2, 0.25) is 0 Å². The molecule has 1 aromatic rings. The number of rotatable bonds is 7. The summed E-state index contributed by atoms with van der Waals surface area (Å²) in [4.78, 5) is 16.8. The Morgan fingerprint density at radius 1 is 1.29 bits per heavy atom. The molecule has 0 aromatic carbocycles. The number of carbonyl (C=O) groups is 1. The molecule has 0 radical (unpaired) electrons. The first-order valence-corrected chi connectivity index (χ1v) is 6.93. The molecule has 0 saturated carbocycles. The Labute approximate surface area is 122 Å². The first kappa shape index (κ1) is 17.3. The van der Waals surface area contributed by atoms with E-state index in [1.54, 1.807) is 13.0 Å². The van der Waals surface area contributed by atoms with Crippen molar-refractivity contribution in [2.45, 2.75) is 32.9 Å². The van der Waals surface area contributed by atoms with Crippen molar-refractivity contribution in [2.75, 3.05) is 25.0 Å². The molecule has 0 atom stereocenters. The van der Waals surface area contributed by atoms with Gasteiger partial charge in [-0.15, -0.1) is 0 Å². The van der Waals surface area contributed by atoms with Crippen LogP contribution in [0, 0.1) is 0 Å². The minimum Gasteiger partial charge on any atom is -0.384 e. The monoisotopic (exact) mass is 303 g/mol. The van der Waals surface area contributed by atoms with Crippen molar-refractivity contribution in [3.63, 3.8) is 0 Å². The van der Waals surface area contributed by atoms with E-state index in [2.05, 4.69) is 10.3 Å². The van der Waals surface area contributed by atoms with Gasteiger partial charge in [-0.1, -0.05) is 13.8 Å². The molecule has 1 N–H and O–H groups in total. The molecule has 0 bridgehead atoms. The Bertz CT molecular complexity index is 446. The van der Waals surface area contributed by atoms with Gasteiger partial charge in [0.15, 0.2) is 0 Å². The minimum absolute atomic E-state index is 0.0229. The molecular weight excluding hydrogens is 283 g/mol. The number of alkyl halides is 3. The maximum Gasteiger partial charge on any atom is 0.406 e. The second-order valence-corrected chi connectivity index (χ2v) is 4.70. The quantitative estimate of drug-likeness (QED) is 0.840. The number of amides is 1. The maximum atomic E-state index is 12.5. The third-order valence-electron chi connectivity index (χ3n) is 2.71. The minimum atomic E-state index is -4.41. The second kappa shape index (κ2) is 7.85. The highest BCUT2D eigenvalue weighted by atomic mass is 19.4. The zero-order valence-electron chi connectivity index (χ0n) is 12.2. The molecule has 7 heteroatoms. The van der Waals surface area contributed by atoms with E-state index in [4.69, 9.17) is 0 Å². The summed E-state index contributed by atoms with van der Waals surface area (Å²) in [7, 11) is 0. The van der Waals surface area contributed by atoms with Crippen molar-refractivity contribution in [1.29, 1.82) is 0 Å². The van der Waals surface area contributed by atoms with Gasteiger partial charge in [-0.3, -0.25) is 4.79 Å². The summed E-state index contributed by atoms with van der Waals surface area (Å²) in [6.07, 6.45) is -1.55. The van der Waals surface area contributed by atoms with Gasteiger partial charge in [0.25, 0.3) is 5.91 Å². The SMILES string of the molecule is CCCNc1ccc(C(=O)N(CCC)CC(F)(F)F)nc1. The average molecular weight is 303 g/mol. The van der Waals surface area contributed by atoms with E-state index in [1.807, 2.05) is 6.92 Å². The number of pyridine rings is 1. The van der Waals surface area contributed by atoms with Gasteiger partial charge in [-0.25, -0.2) is 4.98 Å². The molecule has 1 rings (SSSR count). The van der Waals surface area contributed by atoms with Crippen LogP contribution >= 0.6 is 0 Å². The molecule has 0 spiro atoms. The third kappa shape index (κ3) is 6.01. The Kier molecular flexibility index (Phi) is 6.45. The van der Waals surface area contributed by atoms with Gasteiger partial charge in [-0.05, 0) is 25.0 Å². The van der Waals surface area contributed by atoms with Crippen LogP contribution in [0.3, 0.4) is 0 Å². The lowest BCUT2D eigenvalue weighted by molar-refractivity contribution is -0.140. The van der Waals surface area contributed by atoms with Gasteiger partial charge < -0.3 is 10.2 Å². The Hall–Kier alpha value is -1.79. The molecule has 1 aromatic heterocycles. The van der Waals surface area contributed by atoms with Gasteiger partial charge in [0.1, 0.15) is 12.2 Å². The van der Waals surface area contributed by atoms with E-state index in [0.717, 1.165) is 23.6 Å². The Morgan fingerprint density at radius 3 is 2.48 bits per heavy atom. The third-order valence-corrected chi connectivity index (χ3v) is 2.71. The molecule has 4 nitrogen and oxygen atoms in total. The van der Waals surface area contributed by atoms with E-state index in [9.17, 15) is 18.0 Å². The van der Waals surface area contributed by atoms with E-state index in [1.165, 1.54) is 12.3 Å². The number of nitrogens with zero attached hydrogens (tertiary/aromatic N) is 2. The van der Waals surface area contributed by atoms with Crippen LogP contribution in [0.25, 0.3) is 0 Å². The van der Waals surface area contributed by atoms with Crippen molar-refractivity contribution in [2.24, 2.45) is 0 Å². The van der Waals surface area contributed by atoms with Crippen LogP contribution in [0.4, 0.5) is 18.9 Å². The summed E-state index contributed by atoms with van der Waals surface area (Å²) in [6, 6.07) is 3.09. The first-order chi connectivity index (χ1) is 9.87. The fourth-order valence-corrected chi connectivity index (χ4v) is 1.80. The molecule has 0 fully saturated rings. The number of halogens is 3. The van der Waals surface area contributed by atoms with Crippen molar-refractivity contribution in [3.05, 3.63) is 24.0 Å². The number of hydrogen-bond donors (Lipinski definition) is 1. The van der Waals surface area contributed by atoms with Crippen molar-refractivity contribution in [3.8, 4) is 0 Å². The lowest BCUT2D eigenvalue weighted by Gasteiger charge is -2.23. The molecule has 1 heterocycles. The molecule has 0 unspecified atom stereocenters. The summed E-state index contributed by atoms with van der Waals surface area (Å²) in [6.45, 7) is 3.30. The molecule has 0 aliphatic heterocycles. The summed E-state index contributed by atoms with van der Waals surface area (Å²) >= 11 is 0. The lowest BCUT2D eigenvalue weighted by atomic mass is 10.2. The number of hydrogen-bond acceptors (Lipinski definition) is 3. The molecule has 1 amide bonds. The summed E-state index contributed by atoms with van der Waals surface area (Å²) in [5.74, 6) is -0.698. The van der Waals surface area contributed by atoms with Gasteiger partial charge in [0.05, 0.1) is 11.9 Å². The zero-order valence-corrected chi connectivity index (χ0v) is 12.2. The fraction of sp³-hybridized carbons (Fsp3) is 0.571. The number of carbonyl (C=O) groups excluding carboxylic acids is 1. The maximum absolute atomic E-state index is 12.5. The molecule has 0 aliphatic carbocycles. The predicted octanol–water partition coefficient (Wildman–Crippen LogP) is 3.32.